The predicted octanol–water partition coefficient (Wildman–Crippen LogP) is 2.84. The van der Waals surface area contributed by atoms with Crippen LogP contribution in [0, 0.1) is 15.9 Å². The Morgan fingerprint density at radius 2 is 1.93 bits per heavy atom. The summed E-state index contributed by atoms with van der Waals surface area (Å²) in [5.74, 6) is -0.937. The lowest BCUT2D eigenvalue weighted by Crippen LogP contribution is -2.13. The Labute approximate surface area is 81.5 Å². The van der Waals surface area contributed by atoms with Gasteiger partial charge in [-0.05, 0) is 12.1 Å². The predicted molar refractivity (Wildman–Crippen MR) is 42.8 cm³/mol. The molecular weight excluding hydrogens is 218 g/mol. The third-order valence-electron chi connectivity index (χ3n) is 1.63. The highest BCUT2D eigenvalue weighted by Gasteiger charge is 2.31. The van der Waals surface area contributed by atoms with Gasteiger partial charge in [-0.25, -0.2) is 4.39 Å². The molecular formula is C8H5F4NO2. The van der Waals surface area contributed by atoms with Crippen molar-refractivity contribution in [3.05, 3.63) is 39.7 Å². The van der Waals surface area contributed by atoms with E-state index in [-0.39, 0.29) is 0 Å². The lowest BCUT2D eigenvalue weighted by molar-refractivity contribution is -0.386. The van der Waals surface area contributed by atoms with Gasteiger partial charge in [0, 0.05) is 5.56 Å². The standard InChI is InChI=1S/C8H5F4NO2/c9-6-2-1-5(4-8(10,11)12)7(3-6)13(14)15/h1-3H,4H2. The maximum absolute atomic E-state index is 12.6. The van der Waals surface area contributed by atoms with Crippen LogP contribution >= 0.6 is 0 Å². The summed E-state index contributed by atoms with van der Waals surface area (Å²) in [6.07, 6.45) is -5.99. The Balaban J connectivity index is 3.12. The number of hydrogen-bond donors (Lipinski definition) is 0. The first-order chi connectivity index (χ1) is 6.79. The summed E-state index contributed by atoms with van der Waals surface area (Å²) in [5, 5.41) is 10.3. The Hall–Kier alpha value is -1.66. The first kappa shape index (κ1) is 11.4. The molecule has 1 rings (SSSR count). The van der Waals surface area contributed by atoms with E-state index in [1.807, 2.05) is 0 Å². The fraction of sp³-hybridized carbons (Fsp3) is 0.250. The minimum absolute atomic E-state index is 0.473. The van der Waals surface area contributed by atoms with Gasteiger partial charge in [-0.2, -0.15) is 13.2 Å². The summed E-state index contributed by atoms with van der Waals surface area (Å²) >= 11 is 0. The minimum atomic E-state index is -4.55. The van der Waals surface area contributed by atoms with Gasteiger partial charge in [0.1, 0.15) is 5.82 Å². The lowest BCUT2D eigenvalue weighted by Gasteiger charge is -2.06. The summed E-state index contributed by atoms with van der Waals surface area (Å²) in [5.41, 5.74) is -1.40. The molecule has 15 heavy (non-hydrogen) atoms. The molecule has 3 nitrogen and oxygen atoms in total. The van der Waals surface area contributed by atoms with Gasteiger partial charge in [-0.15, -0.1) is 0 Å². The van der Waals surface area contributed by atoms with E-state index < -0.39 is 34.6 Å². The molecule has 0 aromatic heterocycles. The molecule has 0 amide bonds. The topological polar surface area (TPSA) is 43.1 Å². The molecule has 0 heterocycles. The van der Waals surface area contributed by atoms with E-state index in [1.165, 1.54) is 0 Å². The highest BCUT2D eigenvalue weighted by atomic mass is 19.4. The maximum atomic E-state index is 12.6. The molecule has 0 aliphatic rings. The van der Waals surface area contributed by atoms with Crippen molar-refractivity contribution in [2.75, 3.05) is 0 Å². The van der Waals surface area contributed by atoms with Gasteiger partial charge in [0.05, 0.1) is 17.4 Å². The van der Waals surface area contributed by atoms with Gasteiger partial charge in [-0.3, -0.25) is 10.1 Å². The number of nitro groups is 1. The molecule has 0 fully saturated rings. The highest BCUT2D eigenvalue weighted by molar-refractivity contribution is 5.40. The maximum Gasteiger partial charge on any atom is 0.393 e. The number of alkyl halides is 3. The number of benzene rings is 1. The quantitative estimate of drug-likeness (QED) is 0.439. The largest absolute Gasteiger partial charge is 0.393 e. The smallest absolute Gasteiger partial charge is 0.258 e. The number of halogens is 4. The monoisotopic (exact) mass is 223 g/mol. The van der Waals surface area contributed by atoms with E-state index in [0.717, 1.165) is 12.1 Å². The number of nitrogens with zero attached hydrogens (tertiary/aromatic N) is 1. The number of hydrogen-bond acceptors (Lipinski definition) is 2. The van der Waals surface area contributed by atoms with Crippen molar-refractivity contribution in [3.63, 3.8) is 0 Å². The van der Waals surface area contributed by atoms with Crippen LogP contribution in [0.2, 0.25) is 0 Å². The van der Waals surface area contributed by atoms with E-state index in [9.17, 15) is 27.7 Å². The van der Waals surface area contributed by atoms with Crippen molar-refractivity contribution >= 4 is 5.69 Å². The molecule has 0 N–H and O–H groups in total. The van der Waals surface area contributed by atoms with Crippen molar-refractivity contribution in [2.45, 2.75) is 12.6 Å². The van der Waals surface area contributed by atoms with Crippen molar-refractivity contribution in [2.24, 2.45) is 0 Å². The van der Waals surface area contributed by atoms with Crippen molar-refractivity contribution in [1.82, 2.24) is 0 Å². The molecule has 0 radical (unpaired) electrons. The van der Waals surface area contributed by atoms with Crippen molar-refractivity contribution in [1.29, 1.82) is 0 Å². The van der Waals surface area contributed by atoms with Gasteiger partial charge in [0.2, 0.25) is 0 Å². The highest BCUT2D eigenvalue weighted by Crippen LogP contribution is 2.27. The summed E-state index contributed by atoms with van der Waals surface area (Å²) in [6, 6.07) is 2.00. The second kappa shape index (κ2) is 3.84. The van der Waals surface area contributed by atoms with Gasteiger partial charge < -0.3 is 0 Å². The minimum Gasteiger partial charge on any atom is -0.258 e. The second-order valence-electron chi connectivity index (χ2n) is 2.82. The number of nitro benzene ring substituents is 1. The van der Waals surface area contributed by atoms with Crippen molar-refractivity contribution in [3.8, 4) is 0 Å². The van der Waals surface area contributed by atoms with Crippen LogP contribution < -0.4 is 0 Å². The van der Waals surface area contributed by atoms with E-state index in [0.29, 0.717) is 6.07 Å². The molecule has 7 heteroatoms. The fourth-order valence-electron chi connectivity index (χ4n) is 1.07. The average Bonchev–Trinajstić information content (AvgIpc) is 2.05. The van der Waals surface area contributed by atoms with Crippen LogP contribution in [0.3, 0.4) is 0 Å². The Morgan fingerprint density at radius 1 is 1.33 bits per heavy atom. The van der Waals surface area contributed by atoms with E-state index in [2.05, 4.69) is 0 Å². The summed E-state index contributed by atoms with van der Waals surface area (Å²) in [7, 11) is 0. The van der Waals surface area contributed by atoms with Crippen LogP contribution in [0.25, 0.3) is 0 Å². The van der Waals surface area contributed by atoms with Crippen LogP contribution in [0.1, 0.15) is 5.56 Å². The third kappa shape index (κ3) is 3.19. The molecule has 0 saturated heterocycles. The van der Waals surface area contributed by atoms with Gasteiger partial charge in [-0.1, -0.05) is 0 Å². The van der Waals surface area contributed by atoms with Crippen LogP contribution in [-0.4, -0.2) is 11.1 Å². The second-order valence-corrected chi connectivity index (χ2v) is 2.82. The van der Waals surface area contributed by atoms with E-state index in [1.54, 1.807) is 0 Å². The third-order valence-corrected chi connectivity index (χ3v) is 1.63. The molecule has 0 atom stereocenters. The normalized spacial score (nSPS) is 11.5. The molecule has 1 aromatic carbocycles. The van der Waals surface area contributed by atoms with E-state index in [4.69, 9.17) is 0 Å². The molecule has 0 aliphatic heterocycles. The Bertz CT molecular complexity index is 389. The number of rotatable bonds is 2. The van der Waals surface area contributed by atoms with Crippen LogP contribution in [0.4, 0.5) is 23.2 Å². The zero-order valence-corrected chi connectivity index (χ0v) is 7.21. The first-order valence-corrected chi connectivity index (χ1v) is 3.79. The Morgan fingerprint density at radius 3 is 2.40 bits per heavy atom. The van der Waals surface area contributed by atoms with Gasteiger partial charge in [0.25, 0.3) is 5.69 Å². The molecule has 0 bridgehead atoms. The summed E-state index contributed by atoms with van der Waals surface area (Å²) in [6.45, 7) is 0. The molecule has 82 valence electrons. The van der Waals surface area contributed by atoms with Gasteiger partial charge >= 0.3 is 6.18 Å². The van der Waals surface area contributed by atoms with Crippen LogP contribution in [0.15, 0.2) is 18.2 Å². The van der Waals surface area contributed by atoms with Crippen molar-refractivity contribution < 1.29 is 22.5 Å². The lowest BCUT2D eigenvalue weighted by atomic mass is 10.1. The molecule has 0 spiro atoms. The zero-order chi connectivity index (χ0) is 11.6. The Kier molecular flexibility index (Phi) is 2.92. The fourth-order valence-corrected chi connectivity index (χ4v) is 1.07. The summed E-state index contributed by atoms with van der Waals surface area (Å²) < 4.78 is 48.5. The van der Waals surface area contributed by atoms with Crippen LogP contribution in [0.5, 0.6) is 0 Å². The van der Waals surface area contributed by atoms with E-state index >= 15 is 0 Å². The molecule has 0 saturated carbocycles. The molecule has 0 aliphatic carbocycles. The van der Waals surface area contributed by atoms with Gasteiger partial charge in [0.15, 0.2) is 0 Å². The molecule has 0 unspecified atom stereocenters. The first-order valence-electron chi connectivity index (χ1n) is 3.79. The zero-order valence-electron chi connectivity index (χ0n) is 7.21. The SMILES string of the molecule is O=[N+]([O-])c1cc(F)ccc1CC(F)(F)F. The van der Waals surface area contributed by atoms with Crippen LogP contribution in [-0.2, 0) is 6.42 Å². The average molecular weight is 223 g/mol. The molecule has 1 aromatic rings. The summed E-state index contributed by atoms with van der Waals surface area (Å²) in [4.78, 5) is 9.29.